The monoisotopic (exact) mass is 342 g/mol. The van der Waals surface area contributed by atoms with Crippen molar-refractivity contribution in [3.05, 3.63) is 28.5 Å². The fraction of sp³-hybridized carbons (Fsp3) is 0.500. The van der Waals surface area contributed by atoms with E-state index in [-0.39, 0.29) is 17.9 Å². The summed E-state index contributed by atoms with van der Waals surface area (Å²) in [4.78, 5) is 26.6. The highest BCUT2D eigenvalue weighted by molar-refractivity contribution is 9.10. The van der Waals surface area contributed by atoms with Crippen molar-refractivity contribution in [2.24, 2.45) is 5.92 Å². The number of carbonyl (C=O) groups is 2. The van der Waals surface area contributed by atoms with Crippen LogP contribution in [0.5, 0.6) is 0 Å². The second-order valence-electron chi connectivity index (χ2n) is 4.91. The maximum atomic E-state index is 11.9. The standard InChI is InChI=1S/C14H19BrN2O3/c1-9(14(19)20)4-3-5-10(2)17-13(18)12-7-6-11(15)8-16-12/h6-10H,3-5H2,1-2H3,(H,17,18)(H,19,20). The average Bonchev–Trinajstić information content (AvgIpc) is 2.39. The van der Waals surface area contributed by atoms with Crippen LogP contribution in [-0.4, -0.2) is 28.0 Å². The number of hydrogen-bond acceptors (Lipinski definition) is 3. The molecule has 20 heavy (non-hydrogen) atoms. The number of halogens is 1. The summed E-state index contributed by atoms with van der Waals surface area (Å²) in [6, 6.07) is 3.41. The summed E-state index contributed by atoms with van der Waals surface area (Å²) in [7, 11) is 0. The van der Waals surface area contributed by atoms with Gasteiger partial charge >= 0.3 is 5.97 Å². The van der Waals surface area contributed by atoms with Crippen molar-refractivity contribution in [1.29, 1.82) is 0 Å². The van der Waals surface area contributed by atoms with Crippen LogP contribution in [0.15, 0.2) is 22.8 Å². The van der Waals surface area contributed by atoms with Gasteiger partial charge in [-0.05, 0) is 47.8 Å². The lowest BCUT2D eigenvalue weighted by Gasteiger charge is -2.14. The number of nitrogens with one attached hydrogen (secondary N) is 1. The van der Waals surface area contributed by atoms with Crippen LogP contribution in [0.1, 0.15) is 43.6 Å². The van der Waals surface area contributed by atoms with E-state index in [1.54, 1.807) is 25.3 Å². The lowest BCUT2D eigenvalue weighted by Crippen LogP contribution is -2.33. The van der Waals surface area contributed by atoms with Crippen molar-refractivity contribution in [1.82, 2.24) is 10.3 Å². The molecule has 0 bridgehead atoms. The van der Waals surface area contributed by atoms with Crippen LogP contribution in [0, 0.1) is 5.92 Å². The molecule has 2 unspecified atom stereocenters. The quantitative estimate of drug-likeness (QED) is 0.798. The highest BCUT2D eigenvalue weighted by atomic mass is 79.9. The van der Waals surface area contributed by atoms with Crippen molar-refractivity contribution < 1.29 is 14.7 Å². The second-order valence-corrected chi connectivity index (χ2v) is 5.82. The molecule has 0 saturated carbocycles. The van der Waals surface area contributed by atoms with Gasteiger partial charge in [-0.25, -0.2) is 4.98 Å². The molecular formula is C14H19BrN2O3. The Morgan fingerprint density at radius 3 is 2.60 bits per heavy atom. The van der Waals surface area contributed by atoms with E-state index in [0.29, 0.717) is 12.1 Å². The molecular weight excluding hydrogens is 324 g/mol. The number of hydrogen-bond donors (Lipinski definition) is 2. The number of amides is 1. The van der Waals surface area contributed by atoms with E-state index in [1.807, 2.05) is 6.92 Å². The van der Waals surface area contributed by atoms with Crippen LogP contribution >= 0.6 is 15.9 Å². The Labute approximate surface area is 126 Å². The van der Waals surface area contributed by atoms with E-state index in [4.69, 9.17) is 5.11 Å². The first kappa shape index (κ1) is 16.6. The summed E-state index contributed by atoms with van der Waals surface area (Å²) in [6.07, 6.45) is 3.71. The molecule has 0 radical (unpaired) electrons. The van der Waals surface area contributed by atoms with Gasteiger partial charge in [0.15, 0.2) is 0 Å². The largest absolute Gasteiger partial charge is 0.481 e. The third-order valence-electron chi connectivity index (χ3n) is 3.03. The fourth-order valence-corrected chi connectivity index (χ4v) is 1.97. The predicted octanol–water partition coefficient (Wildman–Crippen LogP) is 2.85. The van der Waals surface area contributed by atoms with Gasteiger partial charge in [-0.1, -0.05) is 13.3 Å². The molecule has 1 heterocycles. The predicted molar refractivity (Wildman–Crippen MR) is 79.5 cm³/mol. The van der Waals surface area contributed by atoms with E-state index < -0.39 is 5.97 Å². The zero-order chi connectivity index (χ0) is 15.1. The molecule has 0 aromatic carbocycles. The van der Waals surface area contributed by atoms with Gasteiger partial charge < -0.3 is 10.4 Å². The third-order valence-corrected chi connectivity index (χ3v) is 3.50. The maximum absolute atomic E-state index is 11.9. The smallest absolute Gasteiger partial charge is 0.306 e. The van der Waals surface area contributed by atoms with E-state index in [2.05, 4.69) is 26.2 Å². The zero-order valence-corrected chi connectivity index (χ0v) is 13.2. The van der Waals surface area contributed by atoms with E-state index in [0.717, 1.165) is 17.3 Å². The number of rotatable bonds is 7. The lowest BCUT2D eigenvalue weighted by atomic mass is 10.0. The molecule has 0 saturated heterocycles. The van der Waals surface area contributed by atoms with Gasteiger partial charge in [0, 0.05) is 16.7 Å². The van der Waals surface area contributed by atoms with Crippen LogP contribution in [0.25, 0.3) is 0 Å². The molecule has 1 rings (SSSR count). The van der Waals surface area contributed by atoms with Crippen molar-refractivity contribution in [2.75, 3.05) is 0 Å². The van der Waals surface area contributed by atoms with Gasteiger partial charge in [-0.15, -0.1) is 0 Å². The SMILES string of the molecule is CC(CCCC(C)C(=O)O)NC(=O)c1ccc(Br)cn1. The van der Waals surface area contributed by atoms with Gasteiger partial charge in [0.05, 0.1) is 5.92 Å². The van der Waals surface area contributed by atoms with Crippen molar-refractivity contribution >= 4 is 27.8 Å². The number of carboxylic acids is 1. The third kappa shape index (κ3) is 5.69. The summed E-state index contributed by atoms with van der Waals surface area (Å²) >= 11 is 3.26. The summed E-state index contributed by atoms with van der Waals surface area (Å²) in [6.45, 7) is 3.60. The molecule has 1 amide bonds. The first-order valence-corrected chi connectivity index (χ1v) is 7.34. The molecule has 0 aliphatic heterocycles. The summed E-state index contributed by atoms with van der Waals surface area (Å²) < 4.78 is 0.824. The molecule has 1 aromatic rings. The second kappa shape index (κ2) is 7.99. The van der Waals surface area contributed by atoms with Crippen LogP contribution < -0.4 is 5.32 Å². The normalized spacial score (nSPS) is 13.6. The Morgan fingerprint density at radius 2 is 2.05 bits per heavy atom. The molecule has 6 heteroatoms. The van der Waals surface area contributed by atoms with Crippen LogP contribution in [0.4, 0.5) is 0 Å². The molecule has 5 nitrogen and oxygen atoms in total. The molecule has 2 N–H and O–H groups in total. The van der Waals surface area contributed by atoms with E-state index in [9.17, 15) is 9.59 Å². The average molecular weight is 343 g/mol. The first-order chi connectivity index (χ1) is 9.40. The molecule has 0 aliphatic rings. The Morgan fingerprint density at radius 1 is 1.35 bits per heavy atom. The number of carbonyl (C=O) groups excluding carboxylic acids is 1. The Kier molecular flexibility index (Phi) is 6.64. The summed E-state index contributed by atoms with van der Waals surface area (Å²) in [5, 5.41) is 11.6. The number of aliphatic carboxylic acids is 1. The molecule has 2 atom stereocenters. The number of nitrogens with zero attached hydrogens (tertiary/aromatic N) is 1. The Bertz CT molecular complexity index is 462. The molecule has 1 aromatic heterocycles. The lowest BCUT2D eigenvalue weighted by molar-refractivity contribution is -0.141. The Hall–Kier alpha value is -1.43. The topological polar surface area (TPSA) is 79.3 Å². The highest BCUT2D eigenvalue weighted by Gasteiger charge is 2.13. The van der Waals surface area contributed by atoms with Gasteiger partial charge in [0.25, 0.3) is 5.91 Å². The van der Waals surface area contributed by atoms with E-state index >= 15 is 0 Å². The van der Waals surface area contributed by atoms with Gasteiger partial charge in [-0.2, -0.15) is 0 Å². The molecule has 0 aliphatic carbocycles. The minimum absolute atomic E-state index is 0.00561. The van der Waals surface area contributed by atoms with Crippen LogP contribution in [-0.2, 0) is 4.79 Å². The van der Waals surface area contributed by atoms with Crippen molar-refractivity contribution in [3.63, 3.8) is 0 Å². The van der Waals surface area contributed by atoms with Gasteiger partial charge in [0.2, 0.25) is 0 Å². The van der Waals surface area contributed by atoms with Gasteiger partial charge in [0.1, 0.15) is 5.69 Å². The molecule has 110 valence electrons. The van der Waals surface area contributed by atoms with Gasteiger partial charge in [-0.3, -0.25) is 9.59 Å². The van der Waals surface area contributed by atoms with Crippen molar-refractivity contribution in [2.45, 2.75) is 39.2 Å². The highest BCUT2D eigenvalue weighted by Crippen LogP contribution is 2.11. The number of aromatic nitrogens is 1. The Balaban J connectivity index is 2.35. The summed E-state index contributed by atoms with van der Waals surface area (Å²) in [5.74, 6) is -1.33. The minimum atomic E-state index is -0.777. The minimum Gasteiger partial charge on any atom is -0.481 e. The van der Waals surface area contributed by atoms with E-state index in [1.165, 1.54) is 0 Å². The van der Waals surface area contributed by atoms with Crippen LogP contribution in [0.2, 0.25) is 0 Å². The maximum Gasteiger partial charge on any atom is 0.306 e. The molecule has 0 spiro atoms. The zero-order valence-electron chi connectivity index (χ0n) is 11.6. The van der Waals surface area contributed by atoms with Crippen molar-refractivity contribution in [3.8, 4) is 0 Å². The fourth-order valence-electron chi connectivity index (χ4n) is 1.73. The first-order valence-electron chi connectivity index (χ1n) is 6.55. The number of pyridine rings is 1. The number of carboxylic acid groups (broad SMARTS) is 1. The molecule has 0 fully saturated rings. The van der Waals surface area contributed by atoms with Crippen LogP contribution in [0.3, 0.4) is 0 Å². The summed E-state index contributed by atoms with van der Waals surface area (Å²) in [5.41, 5.74) is 0.374.